The molecule has 0 radical (unpaired) electrons. The quantitative estimate of drug-likeness (QED) is 0.700. The van der Waals surface area contributed by atoms with Crippen molar-refractivity contribution in [3.05, 3.63) is 59.2 Å². The van der Waals surface area contributed by atoms with Crippen molar-refractivity contribution in [3.8, 4) is 11.1 Å². The molecule has 1 aliphatic carbocycles. The summed E-state index contributed by atoms with van der Waals surface area (Å²) in [4.78, 5) is 0. The minimum Gasteiger partial charge on any atom is -0.312 e. The first-order valence-electron chi connectivity index (χ1n) is 5.87. The fourth-order valence-corrected chi connectivity index (χ4v) is 3.18. The van der Waals surface area contributed by atoms with Crippen LogP contribution in [0.25, 0.3) is 11.1 Å². The van der Waals surface area contributed by atoms with E-state index in [1.807, 2.05) is 0 Å². The molecule has 0 bridgehead atoms. The van der Waals surface area contributed by atoms with Crippen molar-refractivity contribution < 1.29 is 0 Å². The van der Waals surface area contributed by atoms with Crippen LogP contribution in [0.3, 0.4) is 0 Å². The number of rotatable bonds is 0. The van der Waals surface area contributed by atoms with E-state index in [-0.39, 0.29) is 0 Å². The summed E-state index contributed by atoms with van der Waals surface area (Å²) in [6.45, 7) is 2.11. The van der Waals surface area contributed by atoms with Gasteiger partial charge in [0.1, 0.15) is 0 Å². The van der Waals surface area contributed by atoms with Crippen molar-refractivity contribution in [2.45, 2.75) is 12.5 Å². The molecule has 0 saturated heterocycles. The topological polar surface area (TPSA) is 12.0 Å². The minimum absolute atomic E-state index is 0.580. The van der Waals surface area contributed by atoms with E-state index in [2.05, 4.69) is 47.8 Å². The summed E-state index contributed by atoms with van der Waals surface area (Å²) in [5.74, 6) is 0.580. The monoisotopic (exact) mass is 207 g/mol. The summed E-state index contributed by atoms with van der Waals surface area (Å²) in [5.41, 5.74) is 7.44. The zero-order chi connectivity index (χ0) is 10.5. The third kappa shape index (κ3) is 0.940. The van der Waals surface area contributed by atoms with Crippen molar-refractivity contribution in [2.24, 2.45) is 0 Å². The molecule has 0 amide bonds. The second-order valence-corrected chi connectivity index (χ2v) is 4.65. The van der Waals surface area contributed by atoms with E-state index in [4.69, 9.17) is 0 Å². The maximum Gasteiger partial charge on any atom is 0.0230 e. The van der Waals surface area contributed by atoms with E-state index in [0.29, 0.717) is 5.92 Å². The summed E-state index contributed by atoms with van der Waals surface area (Å²) >= 11 is 0. The second-order valence-electron chi connectivity index (χ2n) is 4.65. The van der Waals surface area contributed by atoms with Crippen molar-refractivity contribution in [1.82, 2.24) is 5.32 Å². The Balaban J connectivity index is 2.10. The predicted molar refractivity (Wildman–Crippen MR) is 65.4 cm³/mol. The standard InChI is InChI=1S/C15H13N/c1-2-6-12-11(5-1)13-7-3-4-10-8-16-9-14(12)15(10)13/h1-7,14,16H,8-9H2/t14-/m1/s1. The van der Waals surface area contributed by atoms with Gasteiger partial charge in [0, 0.05) is 19.0 Å². The summed E-state index contributed by atoms with van der Waals surface area (Å²) in [5, 5.41) is 3.52. The number of nitrogens with one attached hydrogen (secondary N) is 1. The Morgan fingerprint density at radius 3 is 2.81 bits per heavy atom. The van der Waals surface area contributed by atoms with Gasteiger partial charge in [-0.3, -0.25) is 0 Å². The van der Waals surface area contributed by atoms with Crippen LogP contribution in [0.1, 0.15) is 22.6 Å². The number of fused-ring (bicyclic) bond motifs is 3. The molecule has 1 heterocycles. The number of hydrogen-bond donors (Lipinski definition) is 1. The van der Waals surface area contributed by atoms with E-state index in [1.54, 1.807) is 5.56 Å². The van der Waals surface area contributed by atoms with Crippen molar-refractivity contribution in [2.75, 3.05) is 6.54 Å². The van der Waals surface area contributed by atoms with Crippen LogP contribution in [0.2, 0.25) is 0 Å². The third-order valence-corrected chi connectivity index (χ3v) is 3.84. The fourth-order valence-electron chi connectivity index (χ4n) is 3.18. The SMILES string of the molecule is c1ccc2c(c1)-c1cccc3c1[C@@H]2CNC3. The van der Waals surface area contributed by atoms with E-state index < -0.39 is 0 Å². The molecule has 1 N–H and O–H groups in total. The highest BCUT2D eigenvalue weighted by Gasteiger charge is 2.32. The van der Waals surface area contributed by atoms with Crippen LogP contribution in [0.15, 0.2) is 42.5 Å². The Morgan fingerprint density at radius 2 is 1.81 bits per heavy atom. The largest absolute Gasteiger partial charge is 0.312 e. The van der Waals surface area contributed by atoms with Crippen LogP contribution in [0.4, 0.5) is 0 Å². The molecule has 0 fully saturated rings. The van der Waals surface area contributed by atoms with Gasteiger partial charge in [0.25, 0.3) is 0 Å². The molecule has 1 heteroatoms. The predicted octanol–water partition coefficient (Wildman–Crippen LogP) is 2.90. The molecule has 78 valence electrons. The van der Waals surface area contributed by atoms with Gasteiger partial charge in [0.15, 0.2) is 0 Å². The van der Waals surface area contributed by atoms with Gasteiger partial charge in [-0.2, -0.15) is 0 Å². The van der Waals surface area contributed by atoms with Gasteiger partial charge in [0.05, 0.1) is 0 Å². The average Bonchev–Trinajstić information content (AvgIpc) is 2.68. The zero-order valence-corrected chi connectivity index (χ0v) is 9.03. The van der Waals surface area contributed by atoms with Gasteiger partial charge in [-0.25, -0.2) is 0 Å². The van der Waals surface area contributed by atoms with Crippen LogP contribution in [0, 0.1) is 0 Å². The molecular formula is C15H13N. The second kappa shape index (κ2) is 2.96. The van der Waals surface area contributed by atoms with Crippen molar-refractivity contribution >= 4 is 0 Å². The molecule has 2 aromatic carbocycles. The first kappa shape index (κ1) is 8.54. The van der Waals surface area contributed by atoms with E-state index in [9.17, 15) is 0 Å². The smallest absolute Gasteiger partial charge is 0.0230 e. The molecule has 1 atom stereocenters. The van der Waals surface area contributed by atoms with E-state index in [0.717, 1.165) is 13.1 Å². The van der Waals surface area contributed by atoms with Crippen LogP contribution >= 0.6 is 0 Å². The molecule has 16 heavy (non-hydrogen) atoms. The van der Waals surface area contributed by atoms with Crippen LogP contribution in [-0.4, -0.2) is 6.54 Å². The van der Waals surface area contributed by atoms with Gasteiger partial charge < -0.3 is 5.32 Å². The number of hydrogen-bond acceptors (Lipinski definition) is 1. The Kier molecular flexibility index (Phi) is 1.58. The highest BCUT2D eigenvalue weighted by molar-refractivity contribution is 5.80. The molecule has 2 aromatic rings. The normalized spacial score (nSPS) is 20.4. The Hall–Kier alpha value is -1.60. The summed E-state index contributed by atoms with van der Waals surface area (Å²) in [6, 6.07) is 15.5. The first-order valence-corrected chi connectivity index (χ1v) is 5.87. The molecule has 0 spiro atoms. The van der Waals surface area contributed by atoms with Gasteiger partial charge in [-0.15, -0.1) is 0 Å². The zero-order valence-electron chi connectivity index (χ0n) is 9.03. The molecular weight excluding hydrogens is 194 g/mol. The van der Waals surface area contributed by atoms with Crippen LogP contribution < -0.4 is 5.32 Å². The van der Waals surface area contributed by atoms with Crippen LogP contribution in [-0.2, 0) is 6.54 Å². The lowest BCUT2D eigenvalue weighted by atomic mass is 9.90. The van der Waals surface area contributed by atoms with Gasteiger partial charge in [-0.1, -0.05) is 42.5 Å². The lowest BCUT2D eigenvalue weighted by molar-refractivity contribution is 0.600. The van der Waals surface area contributed by atoms with E-state index >= 15 is 0 Å². The molecule has 0 aromatic heterocycles. The third-order valence-electron chi connectivity index (χ3n) is 3.84. The van der Waals surface area contributed by atoms with Crippen LogP contribution in [0.5, 0.6) is 0 Å². The Morgan fingerprint density at radius 1 is 0.938 bits per heavy atom. The molecule has 0 unspecified atom stereocenters. The number of benzene rings is 2. The Labute approximate surface area is 95.1 Å². The summed E-state index contributed by atoms with van der Waals surface area (Å²) < 4.78 is 0. The van der Waals surface area contributed by atoms with Crippen molar-refractivity contribution in [3.63, 3.8) is 0 Å². The summed E-state index contributed by atoms with van der Waals surface area (Å²) in [7, 11) is 0. The lowest BCUT2D eigenvalue weighted by Crippen LogP contribution is -2.27. The highest BCUT2D eigenvalue weighted by Crippen LogP contribution is 2.46. The van der Waals surface area contributed by atoms with Crippen molar-refractivity contribution in [1.29, 1.82) is 0 Å². The van der Waals surface area contributed by atoms with Gasteiger partial charge >= 0.3 is 0 Å². The molecule has 1 nitrogen and oxygen atoms in total. The average molecular weight is 207 g/mol. The minimum atomic E-state index is 0.580. The Bertz CT molecular complexity index is 571. The van der Waals surface area contributed by atoms with Gasteiger partial charge in [0.2, 0.25) is 0 Å². The maximum absolute atomic E-state index is 3.52. The molecule has 0 saturated carbocycles. The molecule has 1 aliphatic heterocycles. The van der Waals surface area contributed by atoms with E-state index in [1.165, 1.54) is 22.3 Å². The highest BCUT2D eigenvalue weighted by atomic mass is 14.9. The lowest BCUT2D eigenvalue weighted by Gasteiger charge is -2.23. The summed E-state index contributed by atoms with van der Waals surface area (Å²) in [6.07, 6.45) is 0. The first-order chi connectivity index (χ1) is 7.95. The molecule has 2 aliphatic rings. The van der Waals surface area contributed by atoms with Gasteiger partial charge in [-0.05, 0) is 27.8 Å². The fraction of sp³-hybridized carbons (Fsp3) is 0.200. The maximum atomic E-state index is 3.52. The molecule has 4 rings (SSSR count).